The minimum absolute atomic E-state index is 0.0179. The highest BCUT2D eigenvalue weighted by molar-refractivity contribution is 6.31. The first-order chi connectivity index (χ1) is 15.3. The topological polar surface area (TPSA) is 37.3 Å². The Hall–Kier alpha value is -2.51. The molecular formula is C24H25ClF3N3O. The summed E-state index contributed by atoms with van der Waals surface area (Å²) in [5, 5.41) is 3.93. The average molecular weight is 464 g/mol. The minimum atomic E-state index is -4.44. The zero-order valence-electron chi connectivity index (χ0n) is 17.6. The molecule has 1 aliphatic rings. The van der Waals surface area contributed by atoms with E-state index in [1.165, 1.54) is 32.0 Å². The molecule has 0 saturated carbocycles. The summed E-state index contributed by atoms with van der Waals surface area (Å²) < 4.78 is 40.5. The van der Waals surface area contributed by atoms with Crippen molar-refractivity contribution >= 4 is 34.1 Å². The number of alkyl halides is 3. The van der Waals surface area contributed by atoms with E-state index in [2.05, 4.69) is 21.0 Å². The molecule has 0 spiro atoms. The number of nitrogens with zero attached hydrogens (tertiary/aromatic N) is 2. The van der Waals surface area contributed by atoms with Gasteiger partial charge in [-0.1, -0.05) is 17.7 Å². The number of carbonyl (C=O) groups excluding carboxylic acids is 1. The maximum absolute atomic E-state index is 12.8. The Morgan fingerprint density at radius 2 is 1.81 bits per heavy atom. The van der Waals surface area contributed by atoms with Crippen LogP contribution in [0.5, 0.6) is 0 Å². The van der Waals surface area contributed by atoms with E-state index in [0.717, 1.165) is 36.1 Å². The summed E-state index contributed by atoms with van der Waals surface area (Å²) in [4.78, 5) is 14.8. The van der Waals surface area contributed by atoms with Crippen molar-refractivity contribution in [1.82, 2.24) is 9.47 Å². The van der Waals surface area contributed by atoms with Crippen LogP contribution in [0.15, 0.2) is 48.7 Å². The van der Waals surface area contributed by atoms with Crippen LogP contribution in [0.4, 0.5) is 18.9 Å². The second kappa shape index (κ2) is 9.55. The van der Waals surface area contributed by atoms with Crippen LogP contribution in [0.2, 0.25) is 5.02 Å². The Kier molecular flexibility index (Phi) is 6.76. The molecule has 1 fully saturated rings. The third-order valence-corrected chi connectivity index (χ3v) is 6.26. The zero-order valence-corrected chi connectivity index (χ0v) is 18.3. The average Bonchev–Trinajstić information content (AvgIpc) is 3.40. The lowest BCUT2D eigenvalue weighted by atomic mass is 10.1. The number of rotatable bonds is 7. The van der Waals surface area contributed by atoms with Crippen molar-refractivity contribution in [2.75, 3.05) is 25.0 Å². The number of aryl methyl sites for hydroxylation is 1. The number of carbonyl (C=O) groups is 1. The summed E-state index contributed by atoms with van der Waals surface area (Å²) in [5.74, 6) is -0.214. The molecule has 1 N–H and O–H groups in total. The van der Waals surface area contributed by atoms with Gasteiger partial charge in [-0.2, -0.15) is 13.2 Å². The lowest BCUT2D eigenvalue weighted by molar-refractivity contribution is -0.137. The molecule has 1 saturated heterocycles. The molecule has 1 aliphatic heterocycles. The maximum Gasteiger partial charge on any atom is 0.416 e. The normalized spacial score (nSPS) is 14.9. The standard InChI is InChI=1S/C24H25ClF3N3O/c25-21-16-19(24(26,27)28)5-3-17(21)4-8-23(32)29-20-6-7-22-18(15-20)9-12-31(22)14-13-30-10-1-2-11-30/h3,5-7,9,12,15-16H,1-2,4,8,10-11,13-14H2,(H,29,32). The largest absolute Gasteiger partial charge is 0.416 e. The molecule has 32 heavy (non-hydrogen) atoms. The van der Waals surface area contributed by atoms with E-state index in [1.54, 1.807) is 0 Å². The molecule has 3 aromatic rings. The van der Waals surface area contributed by atoms with Crippen molar-refractivity contribution < 1.29 is 18.0 Å². The van der Waals surface area contributed by atoms with Gasteiger partial charge in [-0.3, -0.25) is 4.79 Å². The Labute approximate surface area is 190 Å². The van der Waals surface area contributed by atoms with E-state index in [1.807, 2.05) is 24.3 Å². The third kappa shape index (κ3) is 5.45. The van der Waals surface area contributed by atoms with Gasteiger partial charge in [-0.15, -0.1) is 0 Å². The Morgan fingerprint density at radius 1 is 1.03 bits per heavy atom. The second-order valence-corrected chi connectivity index (χ2v) is 8.59. The van der Waals surface area contributed by atoms with Crippen LogP contribution >= 0.6 is 11.6 Å². The molecular weight excluding hydrogens is 439 g/mol. The highest BCUT2D eigenvalue weighted by Crippen LogP contribution is 2.32. The van der Waals surface area contributed by atoms with Gasteiger partial charge in [-0.25, -0.2) is 0 Å². The number of nitrogens with one attached hydrogen (secondary N) is 1. The Morgan fingerprint density at radius 3 is 2.53 bits per heavy atom. The van der Waals surface area contributed by atoms with E-state index < -0.39 is 11.7 Å². The molecule has 0 atom stereocenters. The molecule has 1 aromatic heterocycles. The van der Waals surface area contributed by atoms with Crippen LogP contribution in [0, 0.1) is 0 Å². The van der Waals surface area contributed by atoms with Crippen LogP contribution in [-0.4, -0.2) is 35.0 Å². The third-order valence-electron chi connectivity index (χ3n) is 5.91. The van der Waals surface area contributed by atoms with E-state index >= 15 is 0 Å². The second-order valence-electron chi connectivity index (χ2n) is 8.18. The summed E-state index contributed by atoms with van der Waals surface area (Å²) in [5.41, 5.74) is 1.54. The van der Waals surface area contributed by atoms with Crippen molar-refractivity contribution in [1.29, 1.82) is 0 Å². The highest BCUT2D eigenvalue weighted by atomic mass is 35.5. The number of amides is 1. The molecule has 0 aliphatic carbocycles. The minimum Gasteiger partial charge on any atom is -0.346 e. The lowest BCUT2D eigenvalue weighted by Crippen LogP contribution is -2.23. The van der Waals surface area contributed by atoms with E-state index in [0.29, 0.717) is 11.3 Å². The summed E-state index contributed by atoms with van der Waals surface area (Å²) in [7, 11) is 0. The van der Waals surface area contributed by atoms with Gasteiger partial charge in [0.15, 0.2) is 0 Å². The number of benzene rings is 2. The van der Waals surface area contributed by atoms with Gasteiger partial charge in [0, 0.05) is 47.3 Å². The molecule has 2 heterocycles. The van der Waals surface area contributed by atoms with Crippen LogP contribution < -0.4 is 5.32 Å². The number of halogens is 4. The highest BCUT2D eigenvalue weighted by Gasteiger charge is 2.30. The SMILES string of the molecule is O=C(CCc1ccc(C(F)(F)F)cc1Cl)Nc1ccc2c(ccn2CCN2CCCC2)c1. The summed E-state index contributed by atoms with van der Waals surface area (Å²) in [6.07, 6.45) is 0.573. The van der Waals surface area contributed by atoms with Gasteiger partial charge in [0.05, 0.1) is 5.56 Å². The van der Waals surface area contributed by atoms with E-state index in [4.69, 9.17) is 11.6 Å². The summed E-state index contributed by atoms with van der Waals surface area (Å²) >= 11 is 5.98. The van der Waals surface area contributed by atoms with E-state index in [9.17, 15) is 18.0 Å². The van der Waals surface area contributed by atoms with Gasteiger partial charge >= 0.3 is 6.18 Å². The predicted molar refractivity (Wildman–Crippen MR) is 121 cm³/mol. The molecule has 4 nitrogen and oxygen atoms in total. The number of anilines is 1. The van der Waals surface area contributed by atoms with Gasteiger partial charge < -0.3 is 14.8 Å². The van der Waals surface area contributed by atoms with Crippen molar-refractivity contribution in [3.05, 3.63) is 64.8 Å². The van der Waals surface area contributed by atoms with Crippen LogP contribution in [0.3, 0.4) is 0 Å². The maximum atomic E-state index is 12.8. The predicted octanol–water partition coefficient (Wildman–Crippen LogP) is 5.98. The Balaban J connectivity index is 1.33. The quantitative estimate of drug-likeness (QED) is 0.468. The Bertz CT molecular complexity index is 1100. The van der Waals surface area contributed by atoms with Crippen molar-refractivity contribution in [2.45, 2.75) is 38.4 Å². The molecule has 8 heteroatoms. The van der Waals surface area contributed by atoms with Crippen molar-refractivity contribution in [2.24, 2.45) is 0 Å². The summed E-state index contributed by atoms with van der Waals surface area (Å²) in [6, 6.07) is 11.1. The van der Waals surface area contributed by atoms with Gasteiger partial charge in [0.25, 0.3) is 0 Å². The molecule has 0 unspecified atom stereocenters. The molecule has 170 valence electrons. The molecule has 4 rings (SSSR count). The smallest absolute Gasteiger partial charge is 0.346 e. The molecule has 2 aromatic carbocycles. The number of hydrogen-bond acceptors (Lipinski definition) is 2. The van der Waals surface area contributed by atoms with Crippen LogP contribution in [-0.2, 0) is 23.9 Å². The molecule has 0 bridgehead atoms. The number of hydrogen-bond donors (Lipinski definition) is 1. The lowest BCUT2D eigenvalue weighted by Gasteiger charge is -2.15. The first kappa shape index (κ1) is 22.7. The fourth-order valence-electron chi connectivity index (χ4n) is 4.13. The molecule has 0 radical (unpaired) electrons. The fourth-order valence-corrected chi connectivity index (χ4v) is 4.40. The van der Waals surface area contributed by atoms with Gasteiger partial charge in [0.1, 0.15) is 0 Å². The fraction of sp³-hybridized carbons (Fsp3) is 0.375. The van der Waals surface area contributed by atoms with Crippen molar-refractivity contribution in [3.8, 4) is 0 Å². The van der Waals surface area contributed by atoms with Gasteiger partial charge in [0.2, 0.25) is 5.91 Å². The van der Waals surface area contributed by atoms with E-state index in [-0.39, 0.29) is 23.8 Å². The molecule has 1 amide bonds. The van der Waals surface area contributed by atoms with Crippen LogP contribution in [0.25, 0.3) is 10.9 Å². The first-order valence-electron chi connectivity index (χ1n) is 10.8. The van der Waals surface area contributed by atoms with Gasteiger partial charge in [-0.05, 0) is 74.3 Å². The summed E-state index contributed by atoms with van der Waals surface area (Å²) in [6.45, 7) is 4.32. The number of fused-ring (bicyclic) bond motifs is 1. The first-order valence-corrected chi connectivity index (χ1v) is 11.1. The monoisotopic (exact) mass is 463 g/mol. The zero-order chi connectivity index (χ0) is 22.7. The number of likely N-dealkylation sites (tertiary alicyclic amines) is 1. The van der Waals surface area contributed by atoms with Crippen molar-refractivity contribution in [3.63, 3.8) is 0 Å². The van der Waals surface area contributed by atoms with Crippen LogP contribution in [0.1, 0.15) is 30.4 Å². The number of aromatic nitrogens is 1.